The summed E-state index contributed by atoms with van der Waals surface area (Å²) >= 11 is 6.26. The molecule has 1 fully saturated rings. The van der Waals surface area contributed by atoms with E-state index in [2.05, 4.69) is 4.98 Å². The molecule has 0 saturated carbocycles. The first-order valence-corrected chi connectivity index (χ1v) is 8.88. The van der Waals surface area contributed by atoms with Crippen molar-refractivity contribution in [2.75, 3.05) is 20.3 Å². The molecular weight excluding hydrogens is 370 g/mol. The van der Waals surface area contributed by atoms with E-state index in [1.54, 1.807) is 18.5 Å². The number of benzene rings is 1. The van der Waals surface area contributed by atoms with Gasteiger partial charge in [-0.25, -0.2) is 0 Å². The number of nitrogens with zero attached hydrogens (tertiary/aromatic N) is 2. The third-order valence-corrected chi connectivity index (χ3v) is 4.72. The zero-order valence-corrected chi connectivity index (χ0v) is 15.6. The van der Waals surface area contributed by atoms with Crippen LogP contribution in [0.3, 0.4) is 0 Å². The summed E-state index contributed by atoms with van der Waals surface area (Å²) in [5, 5.41) is 0.179. The predicted molar refractivity (Wildman–Crippen MR) is 99.9 cm³/mol. The summed E-state index contributed by atoms with van der Waals surface area (Å²) in [6.07, 6.45) is 5.26. The molecule has 1 saturated heterocycles. The molecule has 7 nitrogen and oxygen atoms in total. The van der Waals surface area contributed by atoms with Gasteiger partial charge < -0.3 is 20.1 Å². The Morgan fingerprint density at radius 1 is 1.33 bits per heavy atom. The van der Waals surface area contributed by atoms with Crippen molar-refractivity contribution in [1.82, 2.24) is 9.88 Å². The maximum absolute atomic E-state index is 13.1. The van der Waals surface area contributed by atoms with E-state index in [1.165, 1.54) is 13.2 Å². The molecule has 2 aromatic rings. The molecule has 0 aliphatic carbocycles. The van der Waals surface area contributed by atoms with E-state index in [-0.39, 0.29) is 35.1 Å². The smallest absolute Gasteiger partial charge is 0.255 e. The first-order valence-electron chi connectivity index (χ1n) is 8.50. The molecule has 1 aromatic heterocycles. The fourth-order valence-corrected chi connectivity index (χ4v) is 3.50. The van der Waals surface area contributed by atoms with Gasteiger partial charge in [0.05, 0.1) is 18.2 Å². The van der Waals surface area contributed by atoms with Gasteiger partial charge >= 0.3 is 0 Å². The summed E-state index contributed by atoms with van der Waals surface area (Å²) in [5.41, 5.74) is 6.54. The Morgan fingerprint density at radius 2 is 2.07 bits per heavy atom. The average Bonchev–Trinajstić information content (AvgIpc) is 3.16. The lowest BCUT2D eigenvalue weighted by Gasteiger charge is -2.25. The number of likely N-dealkylation sites (tertiary alicyclic amines) is 1. The Labute approximate surface area is 162 Å². The van der Waals surface area contributed by atoms with Crippen LogP contribution in [0.2, 0.25) is 5.02 Å². The molecule has 1 aliphatic rings. The number of primary amides is 1. The molecular formula is C19H20ClN3O4. The zero-order chi connectivity index (χ0) is 19.4. The summed E-state index contributed by atoms with van der Waals surface area (Å²) in [7, 11) is 1.44. The number of amides is 2. The van der Waals surface area contributed by atoms with E-state index in [1.807, 2.05) is 17.0 Å². The summed E-state index contributed by atoms with van der Waals surface area (Å²) in [6, 6.07) is 6.92. The number of carbonyl (C=O) groups is 2. The maximum atomic E-state index is 13.1. The predicted octanol–water partition coefficient (Wildman–Crippen LogP) is 2.58. The summed E-state index contributed by atoms with van der Waals surface area (Å²) in [4.78, 5) is 29.9. The van der Waals surface area contributed by atoms with E-state index in [0.29, 0.717) is 12.1 Å². The van der Waals surface area contributed by atoms with Crippen molar-refractivity contribution in [2.45, 2.75) is 18.9 Å². The highest BCUT2D eigenvalue weighted by Gasteiger charge is 2.31. The van der Waals surface area contributed by atoms with Crippen molar-refractivity contribution in [3.05, 3.63) is 52.8 Å². The first kappa shape index (κ1) is 19.0. The molecule has 2 N–H and O–H groups in total. The van der Waals surface area contributed by atoms with Crippen LogP contribution >= 0.6 is 11.6 Å². The number of rotatable bonds is 6. The van der Waals surface area contributed by atoms with Crippen molar-refractivity contribution in [2.24, 2.45) is 5.73 Å². The zero-order valence-electron chi connectivity index (χ0n) is 14.9. The van der Waals surface area contributed by atoms with Crippen LogP contribution in [-0.2, 0) is 4.79 Å². The second-order valence-electron chi connectivity index (χ2n) is 6.18. The average molecular weight is 390 g/mol. The van der Waals surface area contributed by atoms with Gasteiger partial charge in [0.15, 0.2) is 18.1 Å². The molecule has 0 unspecified atom stereocenters. The second kappa shape index (κ2) is 8.26. The van der Waals surface area contributed by atoms with E-state index >= 15 is 0 Å². The number of methoxy groups -OCH3 is 1. The number of hydrogen-bond acceptors (Lipinski definition) is 5. The fourth-order valence-electron chi connectivity index (χ4n) is 3.23. The van der Waals surface area contributed by atoms with Crippen molar-refractivity contribution in [1.29, 1.82) is 0 Å². The number of nitrogens with two attached hydrogens (primary N) is 1. The van der Waals surface area contributed by atoms with Gasteiger partial charge in [-0.3, -0.25) is 14.6 Å². The Kier molecular flexibility index (Phi) is 5.81. The lowest BCUT2D eigenvalue weighted by molar-refractivity contribution is -0.119. The minimum atomic E-state index is -0.634. The minimum Gasteiger partial charge on any atom is -0.493 e. The fraction of sp³-hybridized carbons (Fsp3) is 0.316. The quantitative estimate of drug-likeness (QED) is 0.819. The van der Waals surface area contributed by atoms with Gasteiger partial charge in [0.2, 0.25) is 0 Å². The van der Waals surface area contributed by atoms with E-state index in [9.17, 15) is 9.59 Å². The lowest BCUT2D eigenvalue weighted by Crippen LogP contribution is -2.30. The number of halogens is 1. The normalized spacial score (nSPS) is 16.2. The number of aromatic nitrogens is 1. The van der Waals surface area contributed by atoms with Crippen LogP contribution in [0, 0.1) is 0 Å². The number of pyridine rings is 1. The molecule has 8 heteroatoms. The van der Waals surface area contributed by atoms with Crippen molar-refractivity contribution >= 4 is 23.4 Å². The number of hydrogen-bond donors (Lipinski definition) is 1. The molecule has 1 aliphatic heterocycles. The SMILES string of the molecule is COc1cc(C(=O)N2CCC[C@H]2c2ccncc2)cc(Cl)c1OCC(N)=O. The molecule has 1 aromatic carbocycles. The van der Waals surface area contributed by atoms with E-state index < -0.39 is 5.91 Å². The highest BCUT2D eigenvalue weighted by Crippen LogP contribution is 2.38. The van der Waals surface area contributed by atoms with Crippen molar-refractivity contribution in [3.63, 3.8) is 0 Å². The van der Waals surface area contributed by atoms with Crippen LogP contribution in [0.5, 0.6) is 11.5 Å². The van der Waals surface area contributed by atoms with E-state index in [0.717, 1.165) is 18.4 Å². The van der Waals surface area contributed by atoms with Crippen LogP contribution in [0.4, 0.5) is 0 Å². The molecule has 142 valence electrons. The standard InChI is InChI=1S/C19H20ClN3O4/c1-26-16-10-13(9-14(20)18(16)27-11-17(21)24)19(25)23-8-2-3-15(23)12-4-6-22-7-5-12/h4-7,9-10,15H,2-3,8,11H2,1H3,(H2,21,24)/t15-/m0/s1. The van der Waals surface area contributed by atoms with Gasteiger partial charge in [0, 0.05) is 24.5 Å². The van der Waals surface area contributed by atoms with Crippen LogP contribution in [0.25, 0.3) is 0 Å². The summed E-state index contributed by atoms with van der Waals surface area (Å²) in [5.74, 6) is -0.324. The molecule has 2 heterocycles. The Bertz CT molecular complexity index is 844. The number of carbonyl (C=O) groups excluding carboxylic acids is 2. The van der Waals surface area contributed by atoms with Gasteiger partial charge in [0.1, 0.15) is 0 Å². The lowest BCUT2D eigenvalue weighted by atomic mass is 10.1. The Balaban J connectivity index is 1.88. The van der Waals surface area contributed by atoms with Gasteiger partial charge in [-0.15, -0.1) is 0 Å². The highest BCUT2D eigenvalue weighted by molar-refractivity contribution is 6.32. The first-order chi connectivity index (χ1) is 13.0. The van der Waals surface area contributed by atoms with Crippen molar-refractivity contribution < 1.29 is 19.1 Å². The molecule has 0 spiro atoms. The highest BCUT2D eigenvalue weighted by atomic mass is 35.5. The summed E-state index contributed by atoms with van der Waals surface area (Å²) in [6.45, 7) is 0.325. The largest absolute Gasteiger partial charge is 0.493 e. The third-order valence-electron chi connectivity index (χ3n) is 4.44. The minimum absolute atomic E-state index is 0.00365. The molecule has 1 atom stereocenters. The Morgan fingerprint density at radius 3 is 2.74 bits per heavy atom. The van der Waals surface area contributed by atoms with Gasteiger partial charge in [-0.05, 0) is 42.7 Å². The molecule has 27 heavy (non-hydrogen) atoms. The van der Waals surface area contributed by atoms with Crippen LogP contribution in [0.15, 0.2) is 36.7 Å². The Hall–Kier alpha value is -2.80. The second-order valence-corrected chi connectivity index (χ2v) is 6.59. The molecule has 3 rings (SSSR count). The van der Waals surface area contributed by atoms with Crippen molar-refractivity contribution in [3.8, 4) is 11.5 Å². The van der Waals surface area contributed by atoms with Crippen LogP contribution in [0.1, 0.15) is 34.8 Å². The van der Waals surface area contributed by atoms with Gasteiger partial charge in [-0.2, -0.15) is 0 Å². The topological polar surface area (TPSA) is 94.8 Å². The third kappa shape index (κ3) is 4.14. The maximum Gasteiger partial charge on any atom is 0.255 e. The van der Waals surface area contributed by atoms with Gasteiger partial charge in [-0.1, -0.05) is 11.6 Å². The van der Waals surface area contributed by atoms with Crippen LogP contribution in [-0.4, -0.2) is 42.0 Å². The van der Waals surface area contributed by atoms with E-state index in [4.69, 9.17) is 26.8 Å². The monoisotopic (exact) mass is 389 g/mol. The number of ether oxygens (including phenoxy) is 2. The molecule has 0 radical (unpaired) electrons. The molecule has 0 bridgehead atoms. The van der Waals surface area contributed by atoms with Gasteiger partial charge in [0.25, 0.3) is 11.8 Å². The summed E-state index contributed by atoms with van der Waals surface area (Å²) < 4.78 is 10.6. The molecule has 2 amide bonds. The van der Waals surface area contributed by atoms with Crippen LogP contribution < -0.4 is 15.2 Å².